The van der Waals surface area contributed by atoms with E-state index in [0.717, 1.165) is 33.3 Å². The Balaban J connectivity index is 1.60. The van der Waals surface area contributed by atoms with Crippen molar-refractivity contribution in [2.75, 3.05) is 5.32 Å². The van der Waals surface area contributed by atoms with Crippen LogP contribution in [0.2, 0.25) is 0 Å². The molecule has 0 radical (unpaired) electrons. The van der Waals surface area contributed by atoms with E-state index in [1.165, 1.54) is 5.56 Å². The molecule has 31 heavy (non-hydrogen) atoms. The molecule has 4 aromatic rings. The molecule has 0 saturated heterocycles. The molecule has 154 valence electrons. The van der Waals surface area contributed by atoms with Crippen LogP contribution in [0.4, 0.5) is 5.82 Å². The summed E-state index contributed by atoms with van der Waals surface area (Å²) >= 11 is 0. The summed E-state index contributed by atoms with van der Waals surface area (Å²) in [7, 11) is 0. The molecule has 2 heterocycles. The Bertz CT molecular complexity index is 1370. The lowest BCUT2D eigenvalue weighted by atomic mass is 9.85. The number of rotatable bonds is 3. The van der Waals surface area contributed by atoms with Gasteiger partial charge in [0.05, 0.1) is 17.3 Å². The van der Waals surface area contributed by atoms with E-state index >= 15 is 0 Å². The average molecular weight is 409 g/mol. The Labute approximate surface area is 180 Å². The van der Waals surface area contributed by atoms with E-state index < -0.39 is 5.92 Å². The second kappa shape index (κ2) is 7.20. The van der Waals surface area contributed by atoms with Gasteiger partial charge in [-0.25, -0.2) is 4.68 Å². The van der Waals surface area contributed by atoms with Crippen molar-refractivity contribution in [2.24, 2.45) is 0 Å². The molecule has 5 nitrogen and oxygen atoms in total. The zero-order chi connectivity index (χ0) is 21.7. The predicted molar refractivity (Wildman–Crippen MR) is 122 cm³/mol. The first kappa shape index (κ1) is 19.2. The van der Waals surface area contributed by atoms with Gasteiger partial charge in [0, 0.05) is 17.5 Å². The van der Waals surface area contributed by atoms with Crippen molar-refractivity contribution >= 4 is 28.3 Å². The summed E-state index contributed by atoms with van der Waals surface area (Å²) < 4.78 is 1.74. The normalized spacial score (nSPS) is 15.6. The molecule has 0 aliphatic carbocycles. The Hall–Kier alpha value is -3.73. The smallest absolute Gasteiger partial charge is 0.226 e. The quantitative estimate of drug-likeness (QED) is 0.470. The fourth-order valence-electron chi connectivity index (χ4n) is 4.36. The molecular weight excluding hydrogens is 386 g/mol. The Morgan fingerprint density at radius 3 is 2.52 bits per heavy atom. The van der Waals surface area contributed by atoms with Gasteiger partial charge in [0.1, 0.15) is 5.82 Å². The topological polar surface area (TPSA) is 64.0 Å². The van der Waals surface area contributed by atoms with Crippen LogP contribution in [-0.4, -0.2) is 21.5 Å². The number of fused-ring (bicyclic) bond motifs is 2. The summed E-state index contributed by atoms with van der Waals surface area (Å²) in [6.45, 7) is 6.00. The van der Waals surface area contributed by atoms with Crippen LogP contribution in [0, 0.1) is 20.8 Å². The van der Waals surface area contributed by atoms with Crippen molar-refractivity contribution in [1.82, 2.24) is 9.78 Å². The molecular formula is C26H23N3O2. The van der Waals surface area contributed by atoms with E-state index in [-0.39, 0.29) is 18.1 Å². The number of nitrogens with zero attached hydrogens (tertiary/aromatic N) is 2. The molecule has 1 atom stereocenters. The minimum absolute atomic E-state index is 0.0513. The monoisotopic (exact) mass is 409 g/mol. The van der Waals surface area contributed by atoms with E-state index in [4.69, 9.17) is 5.10 Å². The summed E-state index contributed by atoms with van der Waals surface area (Å²) in [5.41, 5.74) is 5.37. The molecule has 3 aromatic carbocycles. The number of carbonyl (C=O) groups is 2. The van der Waals surface area contributed by atoms with Crippen LogP contribution in [0.5, 0.6) is 0 Å². The molecule has 5 rings (SSSR count). The maximum Gasteiger partial charge on any atom is 0.226 e. The summed E-state index contributed by atoms with van der Waals surface area (Å²) in [4.78, 5) is 26.1. The summed E-state index contributed by atoms with van der Waals surface area (Å²) in [6.07, 6.45) is 0.123. The highest BCUT2D eigenvalue weighted by molar-refractivity contribution is 6.09. The zero-order valence-corrected chi connectivity index (χ0v) is 17.8. The van der Waals surface area contributed by atoms with Gasteiger partial charge in [-0.15, -0.1) is 0 Å². The number of Topliss-reactive ketones (excluding diaryl/α,β-unsaturated/α-hetero) is 1. The van der Waals surface area contributed by atoms with Crippen LogP contribution in [0.3, 0.4) is 0 Å². The Kier molecular flexibility index (Phi) is 4.47. The number of aromatic nitrogens is 2. The molecule has 1 aliphatic rings. The highest BCUT2D eigenvalue weighted by Gasteiger charge is 2.36. The Morgan fingerprint density at radius 2 is 1.74 bits per heavy atom. The molecule has 5 heteroatoms. The average Bonchev–Trinajstić information content (AvgIpc) is 3.10. The van der Waals surface area contributed by atoms with Crippen LogP contribution < -0.4 is 5.32 Å². The molecule has 0 fully saturated rings. The molecule has 0 spiro atoms. The molecule has 1 amide bonds. The van der Waals surface area contributed by atoms with Gasteiger partial charge in [0.25, 0.3) is 0 Å². The van der Waals surface area contributed by atoms with Gasteiger partial charge in [0.15, 0.2) is 5.78 Å². The van der Waals surface area contributed by atoms with Crippen LogP contribution in [0.25, 0.3) is 16.5 Å². The third-order valence-corrected chi connectivity index (χ3v) is 6.19. The fourth-order valence-corrected chi connectivity index (χ4v) is 4.36. The van der Waals surface area contributed by atoms with E-state index in [0.29, 0.717) is 11.4 Å². The second-order valence-corrected chi connectivity index (χ2v) is 8.26. The van der Waals surface area contributed by atoms with Gasteiger partial charge in [-0.3, -0.25) is 9.59 Å². The highest BCUT2D eigenvalue weighted by atomic mass is 16.2. The number of hydrogen-bond acceptors (Lipinski definition) is 3. The summed E-state index contributed by atoms with van der Waals surface area (Å²) in [5.74, 6) is -0.178. The minimum Gasteiger partial charge on any atom is -0.310 e. The van der Waals surface area contributed by atoms with Crippen LogP contribution in [0.15, 0.2) is 60.7 Å². The number of hydrogen-bond donors (Lipinski definition) is 1. The lowest BCUT2D eigenvalue weighted by molar-refractivity contribution is -0.116. The second-order valence-electron chi connectivity index (χ2n) is 8.26. The van der Waals surface area contributed by atoms with Crippen molar-refractivity contribution < 1.29 is 9.59 Å². The first-order valence-electron chi connectivity index (χ1n) is 10.4. The van der Waals surface area contributed by atoms with Gasteiger partial charge in [-0.1, -0.05) is 42.5 Å². The fraction of sp³-hybridized carbons (Fsp3) is 0.192. The van der Waals surface area contributed by atoms with Gasteiger partial charge < -0.3 is 5.32 Å². The van der Waals surface area contributed by atoms with E-state index in [2.05, 4.69) is 12.2 Å². The third kappa shape index (κ3) is 3.22. The number of nitrogens with one attached hydrogen (secondary N) is 1. The van der Waals surface area contributed by atoms with Gasteiger partial charge in [-0.2, -0.15) is 5.10 Å². The van der Waals surface area contributed by atoms with Crippen LogP contribution in [-0.2, 0) is 4.79 Å². The molecule has 0 saturated carbocycles. The Morgan fingerprint density at radius 1 is 0.968 bits per heavy atom. The predicted octanol–water partition coefficient (Wildman–Crippen LogP) is 5.26. The zero-order valence-electron chi connectivity index (χ0n) is 17.8. The molecule has 0 unspecified atom stereocenters. The highest BCUT2D eigenvalue weighted by Crippen LogP contribution is 2.38. The van der Waals surface area contributed by atoms with Crippen molar-refractivity contribution in [1.29, 1.82) is 0 Å². The SMILES string of the molecule is Cc1ccc(-n2nc(C)c3c2NC(=O)C[C@@H]3C(=O)c2ccc3ccccc3c2)cc1C. The summed E-state index contributed by atoms with van der Waals surface area (Å²) in [5, 5.41) is 9.74. The van der Waals surface area contributed by atoms with E-state index in [9.17, 15) is 9.59 Å². The molecule has 1 aromatic heterocycles. The standard InChI is InChI=1S/C26H23N3O2/c1-15-8-11-21(12-16(15)2)29-26-24(17(3)28-29)22(14-23(30)27-26)25(31)20-10-9-18-6-4-5-7-19(18)13-20/h4-13,22H,14H2,1-3H3,(H,27,30)/t22-/m0/s1. The van der Waals surface area contributed by atoms with Gasteiger partial charge in [0.2, 0.25) is 5.91 Å². The van der Waals surface area contributed by atoms with Crippen LogP contribution in [0.1, 0.15) is 45.1 Å². The lowest BCUT2D eigenvalue weighted by Crippen LogP contribution is -2.28. The number of ketones is 1. The van der Waals surface area contributed by atoms with Crippen molar-refractivity contribution in [2.45, 2.75) is 33.1 Å². The number of aryl methyl sites for hydroxylation is 3. The van der Waals surface area contributed by atoms with Gasteiger partial charge in [-0.05, 0) is 60.9 Å². The number of carbonyl (C=O) groups excluding carboxylic acids is 2. The van der Waals surface area contributed by atoms with E-state index in [1.54, 1.807) is 4.68 Å². The van der Waals surface area contributed by atoms with Crippen LogP contribution >= 0.6 is 0 Å². The first-order chi connectivity index (χ1) is 14.9. The molecule has 1 aliphatic heterocycles. The summed E-state index contributed by atoms with van der Waals surface area (Å²) in [6, 6.07) is 19.7. The number of benzene rings is 3. The lowest BCUT2D eigenvalue weighted by Gasteiger charge is -2.23. The molecule has 1 N–H and O–H groups in total. The maximum atomic E-state index is 13.5. The van der Waals surface area contributed by atoms with Crippen molar-refractivity contribution in [3.8, 4) is 5.69 Å². The number of amides is 1. The van der Waals surface area contributed by atoms with Gasteiger partial charge >= 0.3 is 0 Å². The van der Waals surface area contributed by atoms with E-state index in [1.807, 2.05) is 74.5 Å². The minimum atomic E-state index is -0.551. The maximum absolute atomic E-state index is 13.5. The first-order valence-corrected chi connectivity index (χ1v) is 10.4. The largest absolute Gasteiger partial charge is 0.310 e. The molecule has 0 bridgehead atoms. The number of anilines is 1. The van der Waals surface area contributed by atoms with Crippen molar-refractivity contribution in [3.05, 3.63) is 88.6 Å². The third-order valence-electron chi connectivity index (χ3n) is 6.19. The van der Waals surface area contributed by atoms with Crippen molar-refractivity contribution in [3.63, 3.8) is 0 Å².